The Morgan fingerprint density at radius 1 is 0.868 bits per heavy atom. The van der Waals surface area contributed by atoms with Gasteiger partial charge in [0.05, 0.1) is 12.6 Å². The van der Waals surface area contributed by atoms with E-state index in [0.29, 0.717) is 13.0 Å². The molecule has 6 heteroatoms. The third-order valence-electron chi connectivity index (χ3n) is 7.89. The maximum Gasteiger partial charge on any atom is 0.241 e. The molecule has 3 aromatic carbocycles. The van der Waals surface area contributed by atoms with E-state index >= 15 is 0 Å². The zero-order valence-corrected chi connectivity index (χ0v) is 22.9. The second-order valence-corrected chi connectivity index (χ2v) is 10.7. The average Bonchev–Trinajstić information content (AvgIpc) is 2.91. The number of amides is 2. The summed E-state index contributed by atoms with van der Waals surface area (Å²) in [5, 5.41) is 0. The summed E-state index contributed by atoms with van der Waals surface area (Å²) < 4.78 is 0. The Balaban J connectivity index is 1.43. The SMILES string of the molecule is CC(=O)N1c2ccc(C)cc2C(N(C(=O)CN2CCN(c3ccccc3)CC2)c2ccc(C)cc2)CC1C. The molecule has 38 heavy (non-hydrogen) atoms. The molecule has 1 saturated heterocycles. The number of benzene rings is 3. The van der Waals surface area contributed by atoms with Gasteiger partial charge in [-0.05, 0) is 63.1 Å². The van der Waals surface area contributed by atoms with Crippen molar-refractivity contribution in [2.45, 2.75) is 46.2 Å². The molecule has 2 atom stereocenters. The molecule has 0 bridgehead atoms. The summed E-state index contributed by atoms with van der Waals surface area (Å²) in [5.74, 6) is 0.133. The lowest BCUT2D eigenvalue weighted by Crippen LogP contribution is -2.52. The summed E-state index contributed by atoms with van der Waals surface area (Å²) in [4.78, 5) is 35.3. The first-order valence-corrected chi connectivity index (χ1v) is 13.6. The zero-order chi connectivity index (χ0) is 26.8. The molecule has 2 aliphatic heterocycles. The van der Waals surface area contributed by atoms with E-state index in [1.54, 1.807) is 6.92 Å². The Labute approximate surface area is 226 Å². The highest BCUT2D eigenvalue weighted by Crippen LogP contribution is 2.43. The molecule has 2 amide bonds. The van der Waals surface area contributed by atoms with E-state index in [1.807, 2.05) is 28.0 Å². The van der Waals surface area contributed by atoms with Gasteiger partial charge in [0.1, 0.15) is 0 Å². The molecule has 2 heterocycles. The normalized spacial score (nSPS) is 19.7. The number of fused-ring (bicyclic) bond motifs is 1. The molecule has 0 N–H and O–H groups in total. The smallest absolute Gasteiger partial charge is 0.241 e. The van der Waals surface area contributed by atoms with Gasteiger partial charge in [-0.1, -0.05) is 53.6 Å². The van der Waals surface area contributed by atoms with Crippen LogP contribution in [0.5, 0.6) is 0 Å². The van der Waals surface area contributed by atoms with Gasteiger partial charge in [0.25, 0.3) is 0 Å². The molecular weight excluding hydrogens is 472 g/mol. The number of anilines is 3. The van der Waals surface area contributed by atoms with Crippen LogP contribution in [0.15, 0.2) is 72.8 Å². The molecule has 2 unspecified atom stereocenters. The summed E-state index contributed by atoms with van der Waals surface area (Å²) in [6.07, 6.45) is 0.692. The van der Waals surface area contributed by atoms with Crippen LogP contribution in [0.25, 0.3) is 0 Å². The monoisotopic (exact) mass is 510 g/mol. The number of aryl methyl sites for hydroxylation is 2. The first kappa shape index (κ1) is 26.0. The Morgan fingerprint density at radius 2 is 1.53 bits per heavy atom. The van der Waals surface area contributed by atoms with Gasteiger partial charge >= 0.3 is 0 Å². The number of para-hydroxylation sites is 1. The fourth-order valence-corrected chi connectivity index (χ4v) is 5.95. The molecule has 0 saturated carbocycles. The number of hydrogen-bond acceptors (Lipinski definition) is 4. The maximum absolute atomic E-state index is 14.2. The molecule has 0 aliphatic carbocycles. The first-order chi connectivity index (χ1) is 18.3. The fraction of sp³-hybridized carbons (Fsp3) is 0.375. The highest BCUT2D eigenvalue weighted by molar-refractivity contribution is 5.98. The summed E-state index contributed by atoms with van der Waals surface area (Å²) >= 11 is 0. The number of carbonyl (C=O) groups excluding carboxylic acids is 2. The second kappa shape index (κ2) is 11.0. The molecule has 0 radical (unpaired) electrons. The van der Waals surface area contributed by atoms with Crippen LogP contribution >= 0.6 is 0 Å². The van der Waals surface area contributed by atoms with E-state index in [1.165, 1.54) is 5.69 Å². The van der Waals surface area contributed by atoms with E-state index in [9.17, 15) is 9.59 Å². The van der Waals surface area contributed by atoms with E-state index in [2.05, 4.69) is 85.2 Å². The third kappa shape index (κ3) is 5.32. The van der Waals surface area contributed by atoms with Gasteiger partial charge in [-0.2, -0.15) is 0 Å². The molecule has 1 fully saturated rings. The summed E-state index contributed by atoms with van der Waals surface area (Å²) in [5.41, 5.74) is 6.38. The Kier molecular flexibility index (Phi) is 7.52. The molecular formula is C32H38N4O2. The maximum atomic E-state index is 14.2. The van der Waals surface area contributed by atoms with Gasteiger partial charge < -0.3 is 14.7 Å². The van der Waals surface area contributed by atoms with Gasteiger partial charge in [0.15, 0.2) is 0 Å². The molecule has 6 nitrogen and oxygen atoms in total. The summed E-state index contributed by atoms with van der Waals surface area (Å²) in [6.45, 7) is 11.7. The van der Waals surface area contributed by atoms with Crippen LogP contribution in [0.1, 0.15) is 43.0 Å². The minimum absolute atomic E-state index is 0.0112. The Bertz CT molecular complexity index is 1280. The van der Waals surface area contributed by atoms with Crippen molar-refractivity contribution in [3.63, 3.8) is 0 Å². The van der Waals surface area contributed by atoms with E-state index < -0.39 is 0 Å². The number of carbonyl (C=O) groups is 2. The lowest BCUT2D eigenvalue weighted by molar-refractivity contribution is -0.120. The van der Waals surface area contributed by atoms with Crippen molar-refractivity contribution in [1.29, 1.82) is 0 Å². The van der Waals surface area contributed by atoms with Crippen molar-refractivity contribution in [3.05, 3.63) is 89.5 Å². The minimum atomic E-state index is -0.142. The first-order valence-electron chi connectivity index (χ1n) is 13.6. The quantitative estimate of drug-likeness (QED) is 0.465. The third-order valence-corrected chi connectivity index (χ3v) is 7.89. The van der Waals surface area contributed by atoms with Crippen LogP contribution in [-0.4, -0.2) is 55.5 Å². The largest absolute Gasteiger partial charge is 0.369 e. The van der Waals surface area contributed by atoms with Crippen molar-refractivity contribution < 1.29 is 9.59 Å². The molecule has 5 rings (SSSR count). The van der Waals surface area contributed by atoms with Crippen LogP contribution in [-0.2, 0) is 9.59 Å². The van der Waals surface area contributed by atoms with Gasteiger partial charge in [-0.25, -0.2) is 0 Å². The van der Waals surface area contributed by atoms with E-state index in [0.717, 1.165) is 54.2 Å². The molecule has 3 aromatic rings. The van der Waals surface area contributed by atoms with E-state index in [-0.39, 0.29) is 23.9 Å². The van der Waals surface area contributed by atoms with Crippen LogP contribution in [0, 0.1) is 13.8 Å². The number of nitrogens with zero attached hydrogens (tertiary/aromatic N) is 4. The van der Waals surface area contributed by atoms with Crippen molar-refractivity contribution in [2.24, 2.45) is 0 Å². The van der Waals surface area contributed by atoms with Crippen LogP contribution in [0.2, 0.25) is 0 Å². The summed E-state index contributed by atoms with van der Waals surface area (Å²) in [6, 6.07) is 24.8. The lowest BCUT2D eigenvalue weighted by atomic mass is 9.88. The predicted octanol–water partition coefficient (Wildman–Crippen LogP) is 5.35. The average molecular weight is 511 g/mol. The van der Waals surface area contributed by atoms with Gasteiger partial charge in [0.2, 0.25) is 11.8 Å². The van der Waals surface area contributed by atoms with Crippen molar-refractivity contribution in [3.8, 4) is 0 Å². The van der Waals surface area contributed by atoms with Crippen LogP contribution in [0.3, 0.4) is 0 Å². The number of hydrogen-bond donors (Lipinski definition) is 0. The highest BCUT2D eigenvalue weighted by Gasteiger charge is 2.38. The molecule has 2 aliphatic rings. The van der Waals surface area contributed by atoms with Crippen molar-refractivity contribution in [1.82, 2.24) is 4.90 Å². The highest BCUT2D eigenvalue weighted by atomic mass is 16.2. The molecule has 0 spiro atoms. The van der Waals surface area contributed by atoms with Crippen LogP contribution in [0.4, 0.5) is 17.1 Å². The zero-order valence-electron chi connectivity index (χ0n) is 22.9. The predicted molar refractivity (Wildman–Crippen MR) is 155 cm³/mol. The lowest BCUT2D eigenvalue weighted by Gasteiger charge is -2.44. The molecule has 198 valence electrons. The Hall–Kier alpha value is -3.64. The van der Waals surface area contributed by atoms with Crippen molar-refractivity contribution in [2.75, 3.05) is 47.4 Å². The van der Waals surface area contributed by atoms with Crippen molar-refractivity contribution >= 4 is 28.9 Å². The second-order valence-electron chi connectivity index (χ2n) is 10.7. The van der Waals surface area contributed by atoms with Crippen LogP contribution < -0.4 is 14.7 Å². The molecule has 0 aromatic heterocycles. The fourth-order valence-electron chi connectivity index (χ4n) is 5.95. The minimum Gasteiger partial charge on any atom is -0.369 e. The van der Waals surface area contributed by atoms with Gasteiger partial charge in [0, 0.05) is 56.2 Å². The Morgan fingerprint density at radius 3 is 2.18 bits per heavy atom. The standard InChI is InChI=1S/C32H38N4O2/c1-23-10-13-28(14-11-23)36(31-21-25(3)35(26(4)37)30-15-12-24(2)20-29(30)31)32(38)22-33-16-18-34(19-17-33)27-8-6-5-7-9-27/h5-15,20,25,31H,16-19,21-22H2,1-4H3. The summed E-state index contributed by atoms with van der Waals surface area (Å²) in [7, 11) is 0. The van der Waals surface area contributed by atoms with Gasteiger partial charge in [-0.3, -0.25) is 14.5 Å². The number of piperazine rings is 1. The van der Waals surface area contributed by atoms with E-state index in [4.69, 9.17) is 0 Å². The van der Waals surface area contributed by atoms with Gasteiger partial charge in [-0.15, -0.1) is 0 Å². The topological polar surface area (TPSA) is 47.1 Å². The number of rotatable bonds is 5.